The van der Waals surface area contributed by atoms with Crippen LogP contribution in [0.15, 0.2) is 0 Å². The molecule has 0 radical (unpaired) electrons. The topological polar surface area (TPSA) is 49.4 Å². The third kappa shape index (κ3) is 2.63. The molecule has 0 aromatic rings. The van der Waals surface area contributed by atoms with E-state index in [1.165, 1.54) is 19.3 Å². The number of piperazine rings is 1. The average molecular weight is 264 g/mol. The van der Waals surface area contributed by atoms with Crippen LogP contribution in [0, 0.1) is 11.8 Å². The van der Waals surface area contributed by atoms with Gasteiger partial charge >= 0.3 is 0 Å². The van der Waals surface area contributed by atoms with Gasteiger partial charge in [-0.1, -0.05) is 13.3 Å². The van der Waals surface area contributed by atoms with E-state index in [1.54, 1.807) is 0 Å². The highest BCUT2D eigenvalue weighted by Crippen LogP contribution is 2.36. The second kappa shape index (κ2) is 5.14. The Kier molecular flexibility index (Phi) is 3.50. The number of nitrogens with zero attached hydrogens (tertiary/aromatic N) is 1. The predicted octanol–water partition coefficient (Wildman–Crippen LogP) is 1.69. The number of nitrogens with one attached hydrogen (secondary N) is 1. The molecule has 0 aromatic heterocycles. The summed E-state index contributed by atoms with van der Waals surface area (Å²) >= 11 is 0. The molecule has 106 valence electrons. The fourth-order valence-corrected chi connectivity index (χ4v) is 3.61. The summed E-state index contributed by atoms with van der Waals surface area (Å²) in [5.74, 6) is 1.45. The van der Waals surface area contributed by atoms with Crippen LogP contribution in [0.2, 0.25) is 0 Å². The summed E-state index contributed by atoms with van der Waals surface area (Å²) in [4.78, 5) is 26.2. The first kappa shape index (κ1) is 12.9. The Hall–Kier alpha value is -1.06. The molecule has 2 saturated carbocycles. The summed E-state index contributed by atoms with van der Waals surface area (Å²) in [6, 6.07) is 0.0905. The summed E-state index contributed by atoms with van der Waals surface area (Å²) in [5.41, 5.74) is 0. The minimum atomic E-state index is -0.217. The van der Waals surface area contributed by atoms with E-state index in [4.69, 9.17) is 0 Å². The summed E-state index contributed by atoms with van der Waals surface area (Å²) in [6.07, 6.45) is 8.00. The molecular formula is C15H24N2O2. The van der Waals surface area contributed by atoms with Crippen molar-refractivity contribution in [3.05, 3.63) is 0 Å². The predicted molar refractivity (Wildman–Crippen MR) is 72.4 cm³/mol. The summed E-state index contributed by atoms with van der Waals surface area (Å²) in [5, 5.41) is 2.89. The largest absolute Gasteiger partial charge is 0.342 e. The Morgan fingerprint density at radius 1 is 1.11 bits per heavy atom. The van der Waals surface area contributed by atoms with Crippen LogP contribution in [-0.4, -0.2) is 35.3 Å². The molecule has 2 aliphatic carbocycles. The second-order valence-electron chi connectivity index (χ2n) is 6.43. The second-order valence-corrected chi connectivity index (χ2v) is 6.43. The van der Waals surface area contributed by atoms with Crippen molar-refractivity contribution in [2.75, 3.05) is 6.54 Å². The number of amides is 2. The highest BCUT2D eigenvalue weighted by atomic mass is 16.2. The quantitative estimate of drug-likeness (QED) is 0.843. The lowest BCUT2D eigenvalue weighted by Gasteiger charge is -2.41. The van der Waals surface area contributed by atoms with Crippen molar-refractivity contribution >= 4 is 11.8 Å². The van der Waals surface area contributed by atoms with E-state index in [2.05, 4.69) is 12.2 Å². The fourth-order valence-electron chi connectivity index (χ4n) is 3.61. The molecule has 19 heavy (non-hydrogen) atoms. The lowest BCUT2D eigenvalue weighted by molar-refractivity contribution is -0.148. The van der Waals surface area contributed by atoms with Gasteiger partial charge in [0, 0.05) is 6.04 Å². The Morgan fingerprint density at radius 3 is 2.37 bits per heavy atom. The van der Waals surface area contributed by atoms with E-state index in [1.807, 2.05) is 4.90 Å². The normalized spacial score (nSPS) is 36.3. The summed E-state index contributed by atoms with van der Waals surface area (Å²) in [6.45, 7) is 2.52. The summed E-state index contributed by atoms with van der Waals surface area (Å²) < 4.78 is 0. The van der Waals surface area contributed by atoms with Crippen LogP contribution in [0.5, 0.6) is 0 Å². The van der Waals surface area contributed by atoms with Crippen molar-refractivity contribution < 1.29 is 9.59 Å². The molecule has 3 fully saturated rings. The van der Waals surface area contributed by atoms with Crippen LogP contribution in [0.4, 0.5) is 0 Å². The number of carbonyl (C=O) groups excluding carboxylic acids is 2. The maximum absolute atomic E-state index is 12.5. The first-order valence-electron chi connectivity index (χ1n) is 7.79. The van der Waals surface area contributed by atoms with Crippen molar-refractivity contribution in [3.63, 3.8) is 0 Å². The van der Waals surface area contributed by atoms with Gasteiger partial charge in [0.05, 0.1) is 6.54 Å². The molecule has 0 aromatic carbocycles. The monoisotopic (exact) mass is 264 g/mol. The molecule has 1 aliphatic heterocycles. The van der Waals surface area contributed by atoms with Gasteiger partial charge in [-0.3, -0.25) is 9.59 Å². The van der Waals surface area contributed by atoms with Crippen molar-refractivity contribution in [2.24, 2.45) is 11.8 Å². The van der Waals surface area contributed by atoms with Crippen LogP contribution in [0.25, 0.3) is 0 Å². The Morgan fingerprint density at radius 2 is 1.79 bits per heavy atom. The lowest BCUT2D eigenvalue weighted by atomic mass is 9.83. The van der Waals surface area contributed by atoms with E-state index in [9.17, 15) is 9.59 Å². The van der Waals surface area contributed by atoms with Crippen LogP contribution in [-0.2, 0) is 9.59 Å². The van der Waals surface area contributed by atoms with Gasteiger partial charge in [-0.15, -0.1) is 0 Å². The molecule has 2 amide bonds. The lowest BCUT2D eigenvalue weighted by Crippen LogP contribution is -2.61. The molecular weight excluding hydrogens is 240 g/mol. The number of hydrogen-bond acceptors (Lipinski definition) is 2. The summed E-state index contributed by atoms with van der Waals surface area (Å²) in [7, 11) is 0. The Labute approximate surface area is 114 Å². The highest BCUT2D eigenvalue weighted by molar-refractivity contribution is 5.95. The minimum absolute atomic E-state index is 0.0362. The molecule has 1 saturated heterocycles. The van der Waals surface area contributed by atoms with Gasteiger partial charge in [-0.05, 0) is 50.4 Å². The van der Waals surface area contributed by atoms with E-state index < -0.39 is 0 Å². The number of carbonyl (C=O) groups is 2. The van der Waals surface area contributed by atoms with E-state index >= 15 is 0 Å². The van der Waals surface area contributed by atoms with Crippen molar-refractivity contribution in [3.8, 4) is 0 Å². The van der Waals surface area contributed by atoms with Crippen molar-refractivity contribution in [1.29, 1.82) is 0 Å². The van der Waals surface area contributed by atoms with Crippen LogP contribution in [0.3, 0.4) is 0 Å². The third-order valence-corrected chi connectivity index (χ3v) is 5.11. The maximum atomic E-state index is 12.5. The van der Waals surface area contributed by atoms with Crippen LogP contribution >= 0.6 is 0 Å². The zero-order valence-electron chi connectivity index (χ0n) is 11.7. The van der Waals surface area contributed by atoms with Crippen LogP contribution < -0.4 is 5.32 Å². The Bertz CT molecular complexity index is 370. The van der Waals surface area contributed by atoms with Gasteiger partial charge in [0.2, 0.25) is 11.8 Å². The van der Waals surface area contributed by atoms with Crippen molar-refractivity contribution in [2.45, 2.75) is 64.0 Å². The molecule has 1 unspecified atom stereocenters. The van der Waals surface area contributed by atoms with Gasteiger partial charge in [-0.2, -0.15) is 0 Å². The molecule has 1 atom stereocenters. The molecule has 3 aliphatic rings. The number of hydrogen-bond donors (Lipinski definition) is 1. The van der Waals surface area contributed by atoms with Gasteiger partial charge in [-0.25, -0.2) is 0 Å². The van der Waals surface area contributed by atoms with Gasteiger partial charge < -0.3 is 10.2 Å². The SMILES string of the molecule is CCC1CCC(N2CC(=O)NC(C3CC3)C2=O)CC1. The molecule has 0 bridgehead atoms. The van der Waals surface area contributed by atoms with Crippen molar-refractivity contribution in [1.82, 2.24) is 10.2 Å². The van der Waals surface area contributed by atoms with E-state index in [0.29, 0.717) is 12.0 Å². The minimum Gasteiger partial charge on any atom is -0.342 e. The van der Waals surface area contributed by atoms with Gasteiger partial charge in [0.1, 0.15) is 6.04 Å². The van der Waals surface area contributed by atoms with E-state index in [-0.39, 0.29) is 24.4 Å². The molecule has 1 heterocycles. The molecule has 3 rings (SSSR count). The number of rotatable bonds is 3. The zero-order valence-corrected chi connectivity index (χ0v) is 11.7. The standard InChI is InChI=1S/C15H24N2O2/c1-2-10-3-7-12(8-4-10)17-9-13(18)16-14(15(17)19)11-5-6-11/h10-12,14H,2-9H2,1H3,(H,16,18). The van der Waals surface area contributed by atoms with Gasteiger partial charge in [0.25, 0.3) is 0 Å². The first-order valence-corrected chi connectivity index (χ1v) is 7.79. The maximum Gasteiger partial charge on any atom is 0.246 e. The molecule has 4 nitrogen and oxygen atoms in total. The molecule has 4 heteroatoms. The smallest absolute Gasteiger partial charge is 0.246 e. The first-order chi connectivity index (χ1) is 9.19. The molecule has 1 N–H and O–H groups in total. The van der Waals surface area contributed by atoms with Gasteiger partial charge in [0.15, 0.2) is 0 Å². The fraction of sp³-hybridized carbons (Fsp3) is 0.867. The third-order valence-electron chi connectivity index (χ3n) is 5.11. The van der Waals surface area contributed by atoms with Crippen LogP contribution in [0.1, 0.15) is 51.9 Å². The zero-order chi connectivity index (χ0) is 13.4. The van der Waals surface area contributed by atoms with E-state index in [0.717, 1.165) is 31.6 Å². The Balaban J connectivity index is 1.65. The highest BCUT2D eigenvalue weighted by Gasteiger charge is 2.44. The molecule has 0 spiro atoms. The average Bonchev–Trinajstić information content (AvgIpc) is 3.25.